The van der Waals surface area contributed by atoms with Crippen LogP contribution in [0.4, 0.5) is 17.3 Å². The number of halogens is 1. The van der Waals surface area contributed by atoms with Crippen LogP contribution in [0, 0.1) is 18.3 Å². The predicted molar refractivity (Wildman–Crippen MR) is 101 cm³/mol. The molecule has 1 amide bonds. The Morgan fingerprint density at radius 2 is 2.00 bits per heavy atom. The van der Waals surface area contributed by atoms with Crippen molar-refractivity contribution in [1.29, 1.82) is 5.26 Å². The maximum atomic E-state index is 12.4. The SMILES string of the molecule is Cc1ccc(Nc2nccc(C(=O)Nc3ccccc3C#N)n2)cc1Cl. The molecule has 2 N–H and O–H groups in total. The van der Waals surface area contributed by atoms with Gasteiger partial charge in [-0.25, -0.2) is 9.97 Å². The van der Waals surface area contributed by atoms with E-state index in [-0.39, 0.29) is 11.6 Å². The number of nitrogens with zero attached hydrogens (tertiary/aromatic N) is 3. The van der Waals surface area contributed by atoms with E-state index in [1.54, 1.807) is 30.3 Å². The first-order valence-electron chi connectivity index (χ1n) is 7.73. The van der Waals surface area contributed by atoms with Crippen molar-refractivity contribution < 1.29 is 4.79 Å². The molecule has 0 bridgehead atoms. The minimum absolute atomic E-state index is 0.174. The lowest BCUT2D eigenvalue weighted by molar-refractivity contribution is 0.102. The molecule has 0 spiro atoms. The minimum Gasteiger partial charge on any atom is -0.324 e. The number of nitrogens with one attached hydrogen (secondary N) is 2. The highest BCUT2D eigenvalue weighted by atomic mass is 35.5. The Balaban J connectivity index is 1.79. The van der Waals surface area contributed by atoms with Crippen molar-refractivity contribution in [3.05, 3.63) is 76.6 Å². The van der Waals surface area contributed by atoms with Crippen molar-refractivity contribution in [2.45, 2.75) is 6.92 Å². The number of rotatable bonds is 4. The number of carbonyl (C=O) groups excluding carboxylic acids is 1. The maximum Gasteiger partial charge on any atom is 0.274 e. The van der Waals surface area contributed by atoms with Crippen LogP contribution in [-0.2, 0) is 0 Å². The van der Waals surface area contributed by atoms with E-state index in [4.69, 9.17) is 16.9 Å². The number of amides is 1. The molecule has 0 saturated carbocycles. The van der Waals surface area contributed by atoms with E-state index >= 15 is 0 Å². The topological polar surface area (TPSA) is 90.7 Å². The van der Waals surface area contributed by atoms with Crippen LogP contribution in [0.2, 0.25) is 5.02 Å². The quantitative estimate of drug-likeness (QED) is 0.720. The zero-order valence-electron chi connectivity index (χ0n) is 13.8. The summed E-state index contributed by atoms with van der Waals surface area (Å²) in [4.78, 5) is 20.7. The summed E-state index contributed by atoms with van der Waals surface area (Å²) in [5, 5.41) is 15.4. The van der Waals surface area contributed by atoms with Crippen molar-refractivity contribution in [3.63, 3.8) is 0 Å². The molecule has 26 heavy (non-hydrogen) atoms. The molecule has 3 aromatic rings. The molecule has 3 rings (SSSR count). The Labute approximate surface area is 155 Å². The number of aromatic nitrogens is 2. The van der Waals surface area contributed by atoms with E-state index in [9.17, 15) is 4.79 Å². The van der Waals surface area contributed by atoms with Crippen LogP contribution in [-0.4, -0.2) is 15.9 Å². The molecule has 0 fully saturated rings. The van der Waals surface area contributed by atoms with Crippen molar-refractivity contribution in [2.24, 2.45) is 0 Å². The third kappa shape index (κ3) is 3.97. The molecule has 0 saturated heterocycles. The van der Waals surface area contributed by atoms with Crippen molar-refractivity contribution in [2.75, 3.05) is 10.6 Å². The smallest absolute Gasteiger partial charge is 0.274 e. The Kier molecular flexibility index (Phi) is 5.11. The van der Waals surface area contributed by atoms with Crippen LogP contribution in [0.3, 0.4) is 0 Å². The molecule has 2 aromatic carbocycles. The predicted octanol–water partition coefficient (Wildman–Crippen LogP) is 4.31. The average Bonchev–Trinajstić information content (AvgIpc) is 2.65. The van der Waals surface area contributed by atoms with Crippen LogP contribution >= 0.6 is 11.6 Å². The molecular weight excluding hydrogens is 350 g/mol. The highest BCUT2D eigenvalue weighted by Gasteiger charge is 2.11. The fourth-order valence-corrected chi connectivity index (χ4v) is 2.40. The summed E-state index contributed by atoms with van der Waals surface area (Å²) in [5.74, 6) is -0.161. The number of hydrogen-bond donors (Lipinski definition) is 2. The second-order valence-electron chi connectivity index (χ2n) is 5.47. The molecule has 0 atom stereocenters. The Bertz CT molecular complexity index is 1010. The number of nitriles is 1. The van der Waals surface area contributed by atoms with E-state index in [2.05, 4.69) is 20.6 Å². The van der Waals surface area contributed by atoms with Gasteiger partial charge in [-0.15, -0.1) is 0 Å². The number of para-hydroxylation sites is 1. The van der Waals surface area contributed by atoms with E-state index in [1.165, 1.54) is 12.3 Å². The van der Waals surface area contributed by atoms with E-state index < -0.39 is 5.91 Å². The molecular formula is C19H14ClN5O. The van der Waals surface area contributed by atoms with Crippen molar-refractivity contribution in [3.8, 4) is 6.07 Å². The molecule has 0 aliphatic heterocycles. The van der Waals surface area contributed by atoms with Gasteiger partial charge in [-0.2, -0.15) is 5.26 Å². The van der Waals surface area contributed by atoms with Crippen molar-refractivity contribution >= 4 is 34.8 Å². The summed E-state index contributed by atoms with van der Waals surface area (Å²) >= 11 is 6.11. The van der Waals surface area contributed by atoms with Gasteiger partial charge in [-0.05, 0) is 42.8 Å². The number of hydrogen-bond acceptors (Lipinski definition) is 5. The third-order valence-corrected chi connectivity index (χ3v) is 4.02. The summed E-state index contributed by atoms with van der Waals surface area (Å²) < 4.78 is 0. The first-order valence-corrected chi connectivity index (χ1v) is 8.11. The Morgan fingerprint density at radius 1 is 1.19 bits per heavy atom. The number of aryl methyl sites for hydroxylation is 1. The standard InChI is InChI=1S/C19H14ClN5O/c1-12-6-7-14(10-15(12)20)23-19-22-9-8-17(25-19)18(26)24-16-5-3-2-4-13(16)11-21/h2-10H,1H3,(H,24,26)(H,22,23,25). The Morgan fingerprint density at radius 3 is 2.77 bits per heavy atom. The highest BCUT2D eigenvalue weighted by molar-refractivity contribution is 6.31. The minimum atomic E-state index is -0.430. The molecule has 128 valence electrons. The molecule has 7 heteroatoms. The lowest BCUT2D eigenvalue weighted by Crippen LogP contribution is -2.15. The number of carbonyl (C=O) groups is 1. The monoisotopic (exact) mass is 363 g/mol. The molecule has 0 radical (unpaired) electrons. The lowest BCUT2D eigenvalue weighted by atomic mass is 10.2. The van der Waals surface area contributed by atoms with Gasteiger partial charge in [0.1, 0.15) is 11.8 Å². The van der Waals surface area contributed by atoms with Crippen LogP contribution < -0.4 is 10.6 Å². The van der Waals surface area contributed by atoms with Gasteiger partial charge in [0, 0.05) is 16.9 Å². The molecule has 0 unspecified atom stereocenters. The largest absolute Gasteiger partial charge is 0.324 e. The number of anilines is 3. The fourth-order valence-electron chi connectivity index (χ4n) is 2.22. The average molecular weight is 364 g/mol. The lowest BCUT2D eigenvalue weighted by Gasteiger charge is -2.09. The van der Waals surface area contributed by atoms with E-state index in [0.29, 0.717) is 22.0 Å². The van der Waals surface area contributed by atoms with E-state index in [1.807, 2.05) is 25.1 Å². The summed E-state index contributed by atoms with van der Waals surface area (Å²) in [6.07, 6.45) is 1.48. The van der Waals surface area contributed by atoms with Crippen LogP contribution in [0.15, 0.2) is 54.7 Å². The normalized spacial score (nSPS) is 10.0. The molecule has 0 aliphatic rings. The summed E-state index contributed by atoms with van der Waals surface area (Å²) in [5.41, 5.74) is 2.66. The van der Waals surface area contributed by atoms with Crippen molar-refractivity contribution in [1.82, 2.24) is 9.97 Å². The first kappa shape index (κ1) is 17.4. The highest BCUT2D eigenvalue weighted by Crippen LogP contribution is 2.22. The van der Waals surface area contributed by atoms with Crippen LogP contribution in [0.25, 0.3) is 0 Å². The van der Waals surface area contributed by atoms with Gasteiger partial charge in [0.25, 0.3) is 5.91 Å². The summed E-state index contributed by atoms with van der Waals surface area (Å²) in [7, 11) is 0. The van der Waals surface area contributed by atoms with Gasteiger partial charge in [-0.3, -0.25) is 4.79 Å². The maximum absolute atomic E-state index is 12.4. The van der Waals surface area contributed by atoms with Gasteiger partial charge < -0.3 is 10.6 Å². The Hall–Kier alpha value is -3.43. The van der Waals surface area contributed by atoms with Gasteiger partial charge in [0.05, 0.1) is 11.3 Å². The third-order valence-electron chi connectivity index (χ3n) is 3.61. The van der Waals surface area contributed by atoms with Crippen LogP contribution in [0.1, 0.15) is 21.6 Å². The molecule has 0 aliphatic carbocycles. The van der Waals surface area contributed by atoms with Gasteiger partial charge in [0.2, 0.25) is 5.95 Å². The van der Waals surface area contributed by atoms with Crippen LogP contribution in [0.5, 0.6) is 0 Å². The molecule has 1 aromatic heterocycles. The van der Waals surface area contributed by atoms with Gasteiger partial charge >= 0.3 is 0 Å². The van der Waals surface area contributed by atoms with Gasteiger partial charge in [0.15, 0.2) is 0 Å². The number of benzene rings is 2. The zero-order chi connectivity index (χ0) is 18.5. The summed E-state index contributed by atoms with van der Waals surface area (Å²) in [6.45, 7) is 1.91. The van der Waals surface area contributed by atoms with E-state index in [0.717, 1.165) is 5.56 Å². The molecule has 1 heterocycles. The zero-order valence-corrected chi connectivity index (χ0v) is 14.6. The summed E-state index contributed by atoms with van der Waals surface area (Å²) in [6, 6.07) is 15.8. The first-order chi connectivity index (χ1) is 12.6. The van der Waals surface area contributed by atoms with Gasteiger partial charge in [-0.1, -0.05) is 29.8 Å². The fraction of sp³-hybridized carbons (Fsp3) is 0.0526. The second-order valence-corrected chi connectivity index (χ2v) is 5.87. The second kappa shape index (κ2) is 7.64. The molecule has 6 nitrogen and oxygen atoms in total.